The summed E-state index contributed by atoms with van der Waals surface area (Å²) >= 11 is 1.67. The highest BCUT2D eigenvalue weighted by Crippen LogP contribution is 2.22. The predicted octanol–water partition coefficient (Wildman–Crippen LogP) is 2.72. The van der Waals surface area contributed by atoms with Crippen molar-refractivity contribution in [3.63, 3.8) is 0 Å². The molecule has 1 N–H and O–H groups in total. The summed E-state index contributed by atoms with van der Waals surface area (Å²) in [4.78, 5) is 18.9. The van der Waals surface area contributed by atoms with Gasteiger partial charge in [-0.2, -0.15) is 5.10 Å². The maximum atomic E-state index is 12.3. The molecule has 0 spiro atoms. The molecule has 0 saturated heterocycles. The van der Waals surface area contributed by atoms with Crippen LogP contribution in [0, 0.1) is 13.8 Å². The first-order valence-electron chi connectivity index (χ1n) is 7.77. The van der Waals surface area contributed by atoms with Gasteiger partial charge < -0.3 is 5.32 Å². The molecule has 2 aromatic heterocycles. The van der Waals surface area contributed by atoms with Gasteiger partial charge in [-0.3, -0.25) is 14.4 Å². The molecule has 0 aliphatic carbocycles. The number of nitrogens with zero attached hydrogens (tertiary/aromatic N) is 4. The molecule has 2 heterocycles. The topological polar surface area (TPSA) is 63.1 Å². The number of para-hydroxylation sites is 1. The number of amides is 1. The monoisotopic (exact) mass is 343 g/mol. The Balaban J connectivity index is 1.61. The molecule has 7 heteroatoms. The fourth-order valence-corrected chi connectivity index (χ4v) is 3.70. The Hall–Kier alpha value is -2.25. The van der Waals surface area contributed by atoms with Gasteiger partial charge in [0.05, 0.1) is 40.4 Å². The van der Waals surface area contributed by atoms with Gasteiger partial charge in [0.15, 0.2) is 0 Å². The van der Waals surface area contributed by atoms with Gasteiger partial charge in [-0.1, -0.05) is 12.1 Å². The Bertz CT molecular complexity index is 849. The van der Waals surface area contributed by atoms with Crippen molar-refractivity contribution < 1.29 is 4.79 Å². The van der Waals surface area contributed by atoms with E-state index < -0.39 is 0 Å². The van der Waals surface area contributed by atoms with Gasteiger partial charge in [0, 0.05) is 7.05 Å². The highest BCUT2D eigenvalue weighted by atomic mass is 32.1. The van der Waals surface area contributed by atoms with Crippen LogP contribution in [0.3, 0.4) is 0 Å². The van der Waals surface area contributed by atoms with E-state index in [0.29, 0.717) is 13.1 Å². The van der Waals surface area contributed by atoms with Crippen LogP contribution in [0.2, 0.25) is 0 Å². The molecule has 6 nitrogen and oxygen atoms in total. The summed E-state index contributed by atoms with van der Waals surface area (Å²) in [6.45, 7) is 4.80. The number of aromatic nitrogens is 3. The summed E-state index contributed by atoms with van der Waals surface area (Å²) in [5.74, 6) is -0.0437. The Kier molecular flexibility index (Phi) is 4.64. The number of nitrogens with one attached hydrogen (secondary N) is 1. The van der Waals surface area contributed by atoms with Crippen molar-refractivity contribution in [1.29, 1.82) is 0 Å². The number of rotatable bonds is 5. The molecule has 0 unspecified atom stereocenters. The maximum absolute atomic E-state index is 12.3. The van der Waals surface area contributed by atoms with Gasteiger partial charge in [-0.15, -0.1) is 11.3 Å². The molecule has 126 valence electrons. The molecule has 0 aliphatic rings. The second-order valence-electron chi connectivity index (χ2n) is 5.97. The number of thiazole rings is 1. The summed E-state index contributed by atoms with van der Waals surface area (Å²) < 4.78 is 2.95. The van der Waals surface area contributed by atoms with E-state index in [-0.39, 0.29) is 5.91 Å². The molecule has 0 atom stereocenters. The summed E-state index contributed by atoms with van der Waals surface area (Å²) in [7, 11) is 3.80. The zero-order valence-electron chi connectivity index (χ0n) is 14.3. The van der Waals surface area contributed by atoms with Crippen LogP contribution < -0.4 is 5.32 Å². The third-order valence-corrected chi connectivity index (χ3v) is 4.95. The summed E-state index contributed by atoms with van der Waals surface area (Å²) in [6, 6.07) is 8.08. The molecule has 3 aromatic rings. The fourth-order valence-electron chi connectivity index (χ4n) is 2.65. The first-order valence-corrected chi connectivity index (χ1v) is 8.58. The molecule has 3 rings (SSSR count). The number of carbonyl (C=O) groups excluding carboxylic acids is 1. The molecule has 24 heavy (non-hydrogen) atoms. The second kappa shape index (κ2) is 6.70. The number of aryl methyl sites for hydroxylation is 2. The van der Waals surface area contributed by atoms with Gasteiger partial charge >= 0.3 is 0 Å². The van der Waals surface area contributed by atoms with Crippen molar-refractivity contribution in [3.8, 4) is 0 Å². The van der Waals surface area contributed by atoms with Crippen molar-refractivity contribution in [2.45, 2.75) is 20.4 Å². The minimum Gasteiger partial charge on any atom is -0.322 e. The number of likely N-dealkylation sites (N-methyl/N-ethyl adjacent to an activating group) is 1. The van der Waals surface area contributed by atoms with E-state index >= 15 is 0 Å². The third-order valence-electron chi connectivity index (χ3n) is 3.93. The highest BCUT2D eigenvalue weighted by Gasteiger charge is 2.15. The molecule has 0 fully saturated rings. The van der Waals surface area contributed by atoms with Crippen molar-refractivity contribution in [2.24, 2.45) is 7.05 Å². The third kappa shape index (κ3) is 3.47. The van der Waals surface area contributed by atoms with Crippen LogP contribution in [0.5, 0.6) is 0 Å². The molecule has 1 amide bonds. The Labute approximate surface area is 145 Å². The van der Waals surface area contributed by atoms with E-state index in [1.165, 1.54) is 4.70 Å². The van der Waals surface area contributed by atoms with Crippen LogP contribution in [0.25, 0.3) is 10.2 Å². The van der Waals surface area contributed by atoms with Gasteiger partial charge in [-0.05, 0) is 33.0 Å². The normalized spacial score (nSPS) is 11.4. The quantitative estimate of drug-likeness (QED) is 0.774. The van der Waals surface area contributed by atoms with E-state index in [1.54, 1.807) is 16.0 Å². The largest absolute Gasteiger partial charge is 0.322 e. The first-order chi connectivity index (χ1) is 11.4. The van der Waals surface area contributed by atoms with Crippen molar-refractivity contribution in [1.82, 2.24) is 19.7 Å². The minimum absolute atomic E-state index is 0.0437. The van der Waals surface area contributed by atoms with Crippen LogP contribution in [0.15, 0.2) is 24.3 Å². The standard InChI is InChI=1S/C17H21N5OS/c1-11-17(12(2)22(4)20-11)19-15(23)9-21(3)10-16-18-13-7-5-6-8-14(13)24-16/h5-8H,9-10H2,1-4H3,(H,19,23). The smallest absolute Gasteiger partial charge is 0.238 e. The maximum Gasteiger partial charge on any atom is 0.238 e. The second-order valence-corrected chi connectivity index (χ2v) is 7.08. The lowest BCUT2D eigenvalue weighted by Gasteiger charge is -2.14. The van der Waals surface area contributed by atoms with E-state index in [0.717, 1.165) is 27.6 Å². The molecular weight excluding hydrogens is 322 g/mol. The molecule has 0 saturated carbocycles. The number of carbonyl (C=O) groups is 1. The fraction of sp³-hybridized carbons (Fsp3) is 0.353. The van der Waals surface area contributed by atoms with Gasteiger partial charge in [0.25, 0.3) is 0 Å². The van der Waals surface area contributed by atoms with E-state index in [9.17, 15) is 4.79 Å². The lowest BCUT2D eigenvalue weighted by Crippen LogP contribution is -2.30. The Morgan fingerprint density at radius 3 is 2.75 bits per heavy atom. The summed E-state index contributed by atoms with van der Waals surface area (Å²) in [6.07, 6.45) is 0. The van der Waals surface area contributed by atoms with E-state index in [4.69, 9.17) is 0 Å². The Morgan fingerprint density at radius 2 is 2.08 bits per heavy atom. The molecular formula is C17H21N5OS. The lowest BCUT2D eigenvalue weighted by atomic mass is 10.3. The molecule has 0 bridgehead atoms. The van der Waals surface area contributed by atoms with Crippen LogP contribution in [-0.4, -0.2) is 39.2 Å². The van der Waals surface area contributed by atoms with Crippen LogP contribution in [-0.2, 0) is 18.4 Å². The van der Waals surface area contributed by atoms with Gasteiger partial charge in [0.2, 0.25) is 5.91 Å². The SMILES string of the molecule is Cc1nn(C)c(C)c1NC(=O)CN(C)Cc1nc2ccccc2s1. The molecule has 0 aliphatic heterocycles. The summed E-state index contributed by atoms with van der Waals surface area (Å²) in [5, 5.41) is 8.29. The molecule has 0 radical (unpaired) electrons. The predicted molar refractivity (Wildman–Crippen MR) is 97.3 cm³/mol. The van der Waals surface area contributed by atoms with Gasteiger partial charge in [-0.25, -0.2) is 4.98 Å². The number of hydrogen-bond donors (Lipinski definition) is 1. The van der Waals surface area contributed by atoms with Crippen molar-refractivity contribution in [2.75, 3.05) is 18.9 Å². The van der Waals surface area contributed by atoms with Crippen molar-refractivity contribution in [3.05, 3.63) is 40.7 Å². The van der Waals surface area contributed by atoms with Gasteiger partial charge in [0.1, 0.15) is 5.01 Å². The zero-order valence-corrected chi connectivity index (χ0v) is 15.1. The number of benzene rings is 1. The van der Waals surface area contributed by atoms with Crippen LogP contribution in [0.1, 0.15) is 16.4 Å². The average Bonchev–Trinajstić information content (AvgIpc) is 3.02. The van der Waals surface area contributed by atoms with E-state index in [2.05, 4.69) is 21.5 Å². The minimum atomic E-state index is -0.0437. The zero-order chi connectivity index (χ0) is 17.3. The number of hydrogen-bond acceptors (Lipinski definition) is 5. The van der Waals surface area contributed by atoms with Crippen LogP contribution >= 0.6 is 11.3 Å². The van der Waals surface area contributed by atoms with Crippen molar-refractivity contribution >= 4 is 33.1 Å². The van der Waals surface area contributed by atoms with Crippen LogP contribution in [0.4, 0.5) is 5.69 Å². The summed E-state index contributed by atoms with van der Waals surface area (Å²) in [5.41, 5.74) is 3.60. The highest BCUT2D eigenvalue weighted by molar-refractivity contribution is 7.18. The lowest BCUT2D eigenvalue weighted by molar-refractivity contribution is -0.117. The first kappa shape index (κ1) is 16.6. The van der Waals surface area contributed by atoms with E-state index in [1.807, 2.05) is 51.0 Å². The Morgan fingerprint density at radius 1 is 1.33 bits per heavy atom. The molecule has 1 aromatic carbocycles. The number of fused-ring (bicyclic) bond motifs is 1. The average molecular weight is 343 g/mol. The number of anilines is 1.